The Bertz CT molecular complexity index is 774. The van der Waals surface area contributed by atoms with Crippen LogP contribution in [0.15, 0.2) is 53.0 Å². The Morgan fingerprint density at radius 3 is 2.52 bits per heavy atom. The molecule has 0 saturated carbocycles. The van der Waals surface area contributed by atoms with E-state index in [0.29, 0.717) is 16.7 Å². The van der Waals surface area contributed by atoms with Crippen LogP contribution in [0.3, 0.4) is 0 Å². The molecule has 2 aromatic carbocycles. The fourth-order valence-corrected chi connectivity index (χ4v) is 2.69. The van der Waals surface area contributed by atoms with Gasteiger partial charge in [-0.25, -0.2) is 0 Å². The average molecular weight is 365 g/mol. The van der Waals surface area contributed by atoms with Crippen LogP contribution in [0.1, 0.15) is 5.82 Å². The van der Waals surface area contributed by atoms with Gasteiger partial charge in [-0.2, -0.15) is 0 Å². The summed E-state index contributed by atoms with van der Waals surface area (Å²) in [6, 6.07) is 15.2. The lowest BCUT2D eigenvalue weighted by Crippen LogP contribution is -2.03. The van der Waals surface area contributed by atoms with E-state index in [1.54, 1.807) is 4.57 Å². The molecule has 0 aliphatic rings. The van der Waals surface area contributed by atoms with E-state index in [1.807, 2.05) is 48.5 Å². The predicted molar refractivity (Wildman–Crippen MR) is 85.4 cm³/mol. The highest BCUT2D eigenvalue weighted by Crippen LogP contribution is 2.34. The second kappa shape index (κ2) is 5.97. The van der Waals surface area contributed by atoms with Crippen molar-refractivity contribution in [2.75, 3.05) is 0 Å². The van der Waals surface area contributed by atoms with Crippen LogP contribution in [0.25, 0.3) is 17.1 Å². The summed E-state index contributed by atoms with van der Waals surface area (Å²) in [6.07, 6.45) is 0. The first-order valence-corrected chi connectivity index (χ1v) is 7.44. The maximum atomic E-state index is 9.50. The zero-order valence-electron chi connectivity index (χ0n) is 10.9. The Labute approximate surface area is 135 Å². The topological polar surface area (TPSA) is 50.9 Å². The first kappa shape index (κ1) is 14.3. The number of hydrogen-bond acceptors (Lipinski definition) is 3. The number of benzene rings is 2. The van der Waals surface area contributed by atoms with E-state index in [9.17, 15) is 5.11 Å². The summed E-state index contributed by atoms with van der Waals surface area (Å²) in [4.78, 5) is 0. The van der Waals surface area contributed by atoms with Gasteiger partial charge in [0.05, 0.1) is 5.02 Å². The van der Waals surface area contributed by atoms with Gasteiger partial charge in [-0.3, -0.25) is 4.57 Å². The number of rotatable bonds is 3. The van der Waals surface area contributed by atoms with Gasteiger partial charge in [0.15, 0.2) is 11.6 Å². The molecule has 6 heteroatoms. The molecular weight excluding hydrogens is 354 g/mol. The number of para-hydroxylation sites is 1. The zero-order valence-corrected chi connectivity index (χ0v) is 13.2. The summed E-state index contributed by atoms with van der Waals surface area (Å²) < 4.78 is 2.59. The van der Waals surface area contributed by atoms with Crippen molar-refractivity contribution in [1.82, 2.24) is 14.8 Å². The lowest BCUT2D eigenvalue weighted by Gasteiger charge is -2.11. The quantitative estimate of drug-likeness (QED) is 0.768. The Balaban J connectivity index is 2.25. The van der Waals surface area contributed by atoms with Crippen LogP contribution in [0.4, 0.5) is 0 Å². The largest absolute Gasteiger partial charge is 0.388 e. The highest BCUT2D eigenvalue weighted by Gasteiger charge is 2.17. The summed E-state index contributed by atoms with van der Waals surface area (Å²) in [6.45, 7) is -0.201. The molecule has 1 aromatic heterocycles. The van der Waals surface area contributed by atoms with Crippen molar-refractivity contribution in [3.8, 4) is 17.1 Å². The van der Waals surface area contributed by atoms with Gasteiger partial charge in [-0.15, -0.1) is 10.2 Å². The highest BCUT2D eigenvalue weighted by atomic mass is 79.9. The third-order valence-electron chi connectivity index (χ3n) is 3.08. The predicted octanol–water partition coefficient (Wildman–Crippen LogP) is 3.84. The van der Waals surface area contributed by atoms with Crippen LogP contribution >= 0.6 is 27.5 Å². The molecule has 0 atom stereocenters. The Hall–Kier alpha value is -1.69. The minimum Gasteiger partial charge on any atom is -0.388 e. The molecule has 3 aromatic rings. The van der Waals surface area contributed by atoms with Gasteiger partial charge in [0, 0.05) is 15.7 Å². The molecular formula is C15H11BrClN3O. The highest BCUT2D eigenvalue weighted by molar-refractivity contribution is 9.10. The maximum Gasteiger partial charge on any atom is 0.170 e. The van der Waals surface area contributed by atoms with Crippen molar-refractivity contribution in [3.05, 3.63) is 63.9 Å². The molecule has 0 radical (unpaired) electrons. The molecule has 1 N–H and O–H groups in total. The number of aliphatic hydroxyl groups is 1. The molecule has 4 nitrogen and oxygen atoms in total. The molecule has 0 spiro atoms. The van der Waals surface area contributed by atoms with Crippen molar-refractivity contribution in [1.29, 1.82) is 0 Å². The van der Waals surface area contributed by atoms with Crippen LogP contribution in [-0.2, 0) is 6.61 Å². The number of aliphatic hydroxyl groups excluding tert-OH is 1. The second-order valence-electron chi connectivity index (χ2n) is 4.37. The Morgan fingerprint density at radius 1 is 1.05 bits per heavy atom. The Kier molecular flexibility index (Phi) is 4.05. The number of halogens is 2. The van der Waals surface area contributed by atoms with E-state index >= 15 is 0 Å². The molecule has 21 heavy (non-hydrogen) atoms. The zero-order chi connectivity index (χ0) is 14.8. The average Bonchev–Trinajstić information content (AvgIpc) is 2.94. The van der Waals surface area contributed by atoms with E-state index in [2.05, 4.69) is 26.1 Å². The van der Waals surface area contributed by atoms with Gasteiger partial charge >= 0.3 is 0 Å². The molecule has 0 fully saturated rings. The van der Waals surface area contributed by atoms with Crippen molar-refractivity contribution in [2.24, 2.45) is 0 Å². The van der Waals surface area contributed by atoms with E-state index in [-0.39, 0.29) is 6.61 Å². The fourth-order valence-electron chi connectivity index (χ4n) is 2.12. The van der Waals surface area contributed by atoms with Gasteiger partial charge in [0.25, 0.3) is 0 Å². The third kappa shape index (κ3) is 2.60. The maximum absolute atomic E-state index is 9.50. The summed E-state index contributed by atoms with van der Waals surface area (Å²) in [5.41, 5.74) is 1.62. The van der Waals surface area contributed by atoms with Gasteiger partial charge in [-0.1, -0.05) is 35.9 Å². The summed E-state index contributed by atoms with van der Waals surface area (Å²) >= 11 is 9.76. The first-order chi connectivity index (χ1) is 10.2. The summed E-state index contributed by atoms with van der Waals surface area (Å²) in [5, 5.41) is 18.3. The van der Waals surface area contributed by atoms with Gasteiger partial charge in [0.1, 0.15) is 6.61 Å². The number of hydrogen-bond donors (Lipinski definition) is 1. The lowest BCUT2D eigenvalue weighted by atomic mass is 10.2. The van der Waals surface area contributed by atoms with Gasteiger partial charge in [-0.05, 0) is 40.2 Å². The van der Waals surface area contributed by atoms with Crippen molar-refractivity contribution in [3.63, 3.8) is 0 Å². The number of aromatic nitrogens is 3. The SMILES string of the molecule is OCc1nnc(-c2cccc(Br)c2Cl)n1-c1ccccc1. The molecule has 0 aliphatic carbocycles. The van der Waals surface area contributed by atoms with E-state index < -0.39 is 0 Å². The van der Waals surface area contributed by atoms with Crippen molar-refractivity contribution < 1.29 is 5.11 Å². The molecule has 0 amide bonds. The molecule has 3 rings (SSSR count). The second-order valence-corrected chi connectivity index (χ2v) is 5.60. The standard InChI is InChI=1S/C15H11BrClN3O/c16-12-8-4-7-11(14(12)17)15-19-18-13(9-21)20(15)10-5-2-1-3-6-10/h1-8,21H,9H2. The van der Waals surface area contributed by atoms with Crippen LogP contribution in [0, 0.1) is 0 Å². The molecule has 106 valence electrons. The molecule has 0 saturated heterocycles. The normalized spacial score (nSPS) is 10.8. The lowest BCUT2D eigenvalue weighted by molar-refractivity contribution is 0.269. The minimum atomic E-state index is -0.201. The smallest absolute Gasteiger partial charge is 0.170 e. The van der Waals surface area contributed by atoms with E-state index in [1.165, 1.54) is 0 Å². The third-order valence-corrected chi connectivity index (χ3v) is 4.37. The number of nitrogens with zero attached hydrogens (tertiary/aromatic N) is 3. The summed E-state index contributed by atoms with van der Waals surface area (Å²) in [5.74, 6) is 1.06. The van der Waals surface area contributed by atoms with Crippen LogP contribution < -0.4 is 0 Å². The van der Waals surface area contributed by atoms with Crippen LogP contribution in [0.5, 0.6) is 0 Å². The van der Waals surface area contributed by atoms with Crippen molar-refractivity contribution in [2.45, 2.75) is 6.61 Å². The molecule has 1 heterocycles. The fraction of sp³-hybridized carbons (Fsp3) is 0.0667. The van der Waals surface area contributed by atoms with Crippen LogP contribution in [0.2, 0.25) is 5.02 Å². The summed E-state index contributed by atoms with van der Waals surface area (Å²) in [7, 11) is 0. The molecule has 0 unspecified atom stereocenters. The Morgan fingerprint density at radius 2 is 1.81 bits per heavy atom. The molecule has 0 aliphatic heterocycles. The van der Waals surface area contributed by atoms with Gasteiger partial charge < -0.3 is 5.11 Å². The van der Waals surface area contributed by atoms with Gasteiger partial charge in [0.2, 0.25) is 0 Å². The van der Waals surface area contributed by atoms with E-state index in [4.69, 9.17) is 11.6 Å². The van der Waals surface area contributed by atoms with Crippen LogP contribution in [-0.4, -0.2) is 19.9 Å². The van der Waals surface area contributed by atoms with E-state index in [0.717, 1.165) is 15.7 Å². The minimum absolute atomic E-state index is 0.201. The van der Waals surface area contributed by atoms with Crippen molar-refractivity contribution >= 4 is 27.5 Å². The monoisotopic (exact) mass is 363 g/mol. The molecule has 0 bridgehead atoms. The first-order valence-electron chi connectivity index (χ1n) is 6.27.